The van der Waals surface area contributed by atoms with Gasteiger partial charge in [0.25, 0.3) is 0 Å². The molecule has 180 valence electrons. The van der Waals surface area contributed by atoms with Crippen molar-refractivity contribution in [2.45, 2.75) is 25.4 Å². The highest BCUT2D eigenvalue weighted by Gasteiger charge is 2.37. The van der Waals surface area contributed by atoms with Crippen LogP contribution >= 0.6 is 0 Å². The minimum Gasteiger partial charge on any atom is -0.383 e. The SMILES string of the molecule is COC[C@H]1CN(C2=CCC3=C4CN(c5ccc(C#N)c6ncccc56)C[C@@H](C)N4CC3=C2)CCN1. The fraction of sp³-hybridized carbons (Fsp3) is 0.429. The number of benzene rings is 1. The van der Waals surface area contributed by atoms with Crippen LogP contribution in [0.15, 0.2) is 65.2 Å². The van der Waals surface area contributed by atoms with Gasteiger partial charge in [0.1, 0.15) is 6.07 Å². The number of nitrogens with one attached hydrogen (secondary N) is 1. The summed E-state index contributed by atoms with van der Waals surface area (Å²) < 4.78 is 5.39. The molecule has 1 aliphatic carbocycles. The molecule has 1 aromatic heterocycles. The van der Waals surface area contributed by atoms with Gasteiger partial charge in [-0.2, -0.15) is 5.26 Å². The molecule has 2 fully saturated rings. The van der Waals surface area contributed by atoms with Crippen LogP contribution in [0.2, 0.25) is 0 Å². The zero-order valence-corrected chi connectivity index (χ0v) is 20.5. The van der Waals surface area contributed by atoms with Crippen LogP contribution in [0.5, 0.6) is 0 Å². The average molecular weight is 469 g/mol. The molecule has 7 nitrogen and oxygen atoms in total. The van der Waals surface area contributed by atoms with E-state index < -0.39 is 0 Å². The quantitative estimate of drug-likeness (QED) is 0.740. The van der Waals surface area contributed by atoms with Gasteiger partial charge in [-0.25, -0.2) is 0 Å². The van der Waals surface area contributed by atoms with E-state index in [1.54, 1.807) is 13.3 Å². The van der Waals surface area contributed by atoms with Gasteiger partial charge in [0, 0.05) is 80.6 Å². The Kier molecular flexibility index (Phi) is 5.71. The number of nitrogens with zero attached hydrogens (tertiary/aromatic N) is 5. The normalized spacial score (nSPS) is 24.2. The summed E-state index contributed by atoms with van der Waals surface area (Å²) in [6, 6.07) is 11.2. The zero-order chi connectivity index (χ0) is 23.9. The Morgan fingerprint density at radius 1 is 1.20 bits per heavy atom. The van der Waals surface area contributed by atoms with Gasteiger partial charge < -0.3 is 24.8 Å². The second-order valence-electron chi connectivity index (χ2n) is 9.98. The Morgan fingerprint density at radius 3 is 2.97 bits per heavy atom. The number of ether oxygens (including phenoxy) is 1. The van der Waals surface area contributed by atoms with E-state index in [1.165, 1.54) is 28.2 Å². The van der Waals surface area contributed by atoms with Crippen LogP contribution in [0.1, 0.15) is 18.9 Å². The lowest BCUT2D eigenvalue weighted by molar-refractivity contribution is 0.131. The largest absolute Gasteiger partial charge is 0.383 e. The lowest BCUT2D eigenvalue weighted by Gasteiger charge is -2.42. The van der Waals surface area contributed by atoms with E-state index in [0.717, 1.165) is 63.2 Å². The highest BCUT2D eigenvalue weighted by Crippen LogP contribution is 2.40. The summed E-state index contributed by atoms with van der Waals surface area (Å²) in [7, 11) is 1.78. The average Bonchev–Trinajstić information content (AvgIpc) is 3.27. The maximum atomic E-state index is 9.55. The second kappa shape index (κ2) is 9.03. The maximum Gasteiger partial charge on any atom is 0.101 e. The van der Waals surface area contributed by atoms with Crippen LogP contribution in [0, 0.1) is 11.3 Å². The monoisotopic (exact) mass is 468 g/mol. The molecule has 0 bridgehead atoms. The van der Waals surface area contributed by atoms with Crippen LogP contribution in [-0.4, -0.2) is 79.9 Å². The third-order valence-electron chi connectivity index (χ3n) is 7.81. The van der Waals surface area contributed by atoms with Gasteiger partial charge in [-0.1, -0.05) is 6.08 Å². The Bertz CT molecular complexity index is 1290. The first-order valence-electron chi connectivity index (χ1n) is 12.6. The number of methoxy groups -OCH3 is 1. The highest BCUT2D eigenvalue weighted by atomic mass is 16.5. The van der Waals surface area contributed by atoms with E-state index in [1.807, 2.05) is 12.1 Å². The molecular weight excluding hydrogens is 436 g/mol. The first-order valence-corrected chi connectivity index (χ1v) is 12.6. The third-order valence-corrected chi connectivity index (χ3v) is 7.81. The highest BCUT2D eigenvalue weighted by molar-refractivity contribution is 5.95. The summed E-state index contributed by atoms with van der Waals surface area (Å²) in [5.41, 5.74) is 8.37. The number of hydrogen-bond donors (Lipinski definition) is 1. The Morgan fingerprint density at radius 2 is 2.11 bits per heavy atom. The number of anilines is 1. The van der Waals surface area contributed by atoms with Gasteiger partial charge in [-0.15, -0.1) is 0 Å². The summed E-state index contributed by atoms with van der Waals surface area (Å²) in [5, 5.41) is 14.2. The van der Waals surface area contributed by atoms with Crippen molar-refractivity contribution in [3.8, 4) is 6.07 Å². The van der Waals surface area contributed by atoms with Crippen LogP contribution in [0.3, 0.4) is 0 Å². The van der Waals surface area contributed by atoms with E-state index >= 15 is 0 Å². The van der Waals surface area contributed by atoms with Crippen molar-refractivity contribution >= 4 is 16.6 Å². The van der Waals surface area contributed by atoms with Crippen LogP contribution in [-0.2, 0) is 4.74 Å². The van der Waals surface area contributed by atoms with Crippen molar-refractivity contribution in [3.63, 3.8) is 0 Å². The molecule has 0 saturated carbocycles. The van der Waals surface area contributed by atoms with Crippen LogP contribution in [0.4, 0.5) is 5.69 Å². The fourth-order valence-corrected chi connectivity index (χ4v) is 6.13. The molecule has 2 saturated heterocycles. The lowest BCUT2D eigenvalue weighted by atomic mass is 9.96. The molecule has 1 N–H and O–H groups in total. The topological polar surface area (TPSA) is 67.7 Å². The molecule has 0 amide bonds. The van der Waals surface area contributed by atoms with E-state index in [9.17, 15) is 5.26 Å². The molecule has 3 aliphatic heterocycles. The van der Waals surface area contributed by atoms with Crippen LogP contribution < -0.4 is 10.2 Å². The minimum absolute atomic E-state index is 0.382. The fourth-order valence-electron chi connectivity index (χ4n) is 6.13. The predicted molar refractivity (Wildman–Crippen MR) is 138 cm³/mol. The van der Waals surface area contributed by atoms with Gasteiger partial charge in [-0.3, -0.25) is 4.98 Å². The molecule has 0 unspecified atom stereocenters. The van der Waals surface area contributed by atoms with Crippen molar-refractivity contribution in [2.24, 2.45) is 0 Å². The van der Waals surface area contributed by atoms with Crippen molar-refractivity contribution < 1.29 is 4.74 Å². The molecule has 2 atom stereocenters. The van der Waals surface area contributed by atoms with Gasteiger partial charge in [-0.05, 0) is 54.8 Å². The van der Waals surface area contributed by atoms with E-state index in [2.05, 4.69) is 62.3 Å². The van der Waals surface area contributed by atoms with E-state index in [-0.39, 0.29) is 0 Å². The molecule has 4 aliphatic rings. The number of fused-ring (bicyclic) bond motifs is 3. The number of hydrogen-bond acceptors (Lipinski definition) is 7. The Balaban J connectivity index is 1.28. The van der Waals surface area contributed by atoms with Crippen molar-refractivity contribution in [1.29, 1.82) is 5.26 Å². The summed E-state index contributed by atoms with van der Waals surface area (Å²) >= 11 is 0. The molecule has 1 aromatic carbocycles. The first kappa shape index (κ1) is 22.1. The number of pyridine rings is 1. The van der Waals surface area contributed by atoms with E-state index in [4.69, 9.17) is 4.74 Å². The van der Waals surface area contributed by atoms with Crippen molar-refractivity contribution in [2.75, 3.05) is 57.9 Å². The van der Waals surface area contributed by atoms with Crippen molar-refractivity contribution in [3.05, 3.63) is 70.7 Å². The standard InChI is InChI=1S/C28H32N6O/c1-19-14-33(26-8-5-20(13-29)28-25(26)4-3-9-31-28)17-27-24-7-6-23(12-21(24)15-34(19)27)32-11-10-30-22(16-32)18-35-2/h3-6,8-9,12,19,22,30H,7,10-11,14-18H2,1-2H3/t19-,22-/m1/s1. The summed E-state index contributed by atoms with van der Waals surface area (Å²) in [5.74, 6) is 0. The summed E-state index contributed by atoms with van der Waals surface area (Å²) in [4.78, 5) is 12.1. The van der Waals surface area contributed by atoms with Gasteiger partial charge in [0.05, 0.1) is 24.2 Å². The Hall–Kier alpha value is -3.34. The molecule has 7 heteroatoms. The van der Waals surface area contributed by atoms with Gasteiger partial charge in [0.15, 0.2) is 0 Å². The third kappa shape index (κ3) is 3.87. The van der Waals surface area contributed by atoms with Gasteiger partial charge in [0.2, 0.25) is 0 Å². The summed E-state index contributed by atoms with van der Waals surface area (Å²) in [6.45, 7) is 8.94. The first-order chi connectivity index (χ1) is 17.2. The van der Waals surface area contributed by atoms with Crippen molar-refractivity contribution in [1.82, 2.24) is 20.1 Å². The smallest absolute Gasteiger partial charge is 0.101 e. The number of nitriles is 1. The molecule has 35 heavy (non-hydrogen) atoms. The predicted octanol–water partition coefficient (Wildman–Crippen LogP) is 3.02. The molecule has 0 spiro atoms. The molecule has 6 rings (SSSR count). The maximum absolute atomic E-state index is 9.55. The number of allylic oxidation sites excluding steroid dienone is 2. The molecule has 0 radical (unpaired) electrons. The summed E-state index contributed by atoms with van der Waals surface area (Å²) in [6.07, 6.45) is 7.60. The number of rotatable bonds is 4. The number of piperazine rings is 2. The molecule has 2 aromatic rings. The molecular formula is C28H32N6O. The lowest BCUT2D eigenvalue weighted by Crippen LogP contribution is -2.51. The van der Waals surface area contributed by atoms with E-state index in [0.29, 0.717) is 17.6 Å². The van der Waals surface area contributed by atoms with Crippen LogP contribution in [0.25, 0.3) is 10.9 Å². The zero-order valence-electron chi connectivity index (χ0n) is 20.5. The Labute approximate surface area is 207 Å². The number of aromatic nitrogens is 1. The second-order valence-corrected chi connectivity index (χ2v) is 9.98. The molecule has 4 heterocycles. The minimum atomic E-state index is 0.382. The van der Waals surface area contributed by atoms with Gasteiger partial charge >= 0.3 is 0 Å².